The van der Waals surface area contributed by atoms with Gasteiger partial charge in [0.2, 0.25) is 0 Å². The van der Waals surface area contributed by atoms with Crippen molar-refractivity contribution in [1.82, 2.24) is 14.5 Å². The summed E-state index contributed by atoms with van der Waals surface area (Å²) in [6.45, 7) is 3.73. The molecule has 0 radical (unpaired) electrons. The topological polar surface area (TPSA) is 30.3 Å². The van der Waals surface area contributed by atoms with Gasteiger partial charge in [0.1, 0.15) is 0 Å². The van der Waals surface area contributed by atoms with E-state index >= 15 is 0 Å². The number of benzene rings is 2. The highest BCUT2D eigenvalue weighted by Crippen LogP contribution is 2.12. The van der Waals surface area contributed by atoms with Gasteiger partial charge in [-0.25, -0.2) is 4.98 Å². The van der Waals surface area contributed by atoms with E-state index < -0.39 is 0 Å². The first-order chi connectivity index (χ1) is 12.8. The Balaban J connectivity index is 1.55. The molecule has 4 heteroatoms. The molecular weight excluding hydrogens is 322 g/mol. The summed E-state index contributed by atoms with van der Waals surface area (Å²) in [5, 5.41) is 0. The van der Waals surface area contributed by atoms with E-state index in [2.05, 4.69) is 64.5 Å². The molecule has 3 rings (SSSR count). The summed E-state index contributed by atoms with van der Waals surface area (Å²) in [4.78, 5) is 6.57. The van der Waals surface area contributed by atoms with Gasteiger partial charge in [-0.2, -0.15) is 0 Å². The number of nitrogens with zero attached hydrogens (tertiary/aromatic N) is 3. The molecule has 0 atom stereocenters. The predicted octanol–water partition coefficient (Wildman–Crippen LogP) is 3.95. The minimum atomic E-state index is 0.762. The summed E-state index contributed by atoms with van der Waals surface area (Å²) < 4.78 is 7.31. The summed E-state index contributed by atoms with van der Waals surface area (Å²) in [5.41, 5.74) is 3.87. The van der Waals surface area contributed by atoms with Crippen molar-refractivity contribution in [3.05, 3.63) is 84.4 Å². The molecule has 0 saturated carbocycles. The van der Waals surface area contributed by atoms with E-state index in [0.717, 1.165) is 44.8 Å². The van der Waals surface area contributed by atoms with Gasteiger partial charge >= 0.3 is 0 Å². The molecule has 0 aliphatic rings. The number of aryl methyl sites for hydroxylation is 1. The lowest BCUT2D eigenvalue weighted by atomic mass is 10.1. The van der Waals surface area contributed by atoms with Crippen LogP contribution < -0.4 is 0 Å². The lowest BCUT2D eigenvalue weighted by Gasteiger charge is -2.22. The third-order valence-electron chi connectivity index (χ3n) is 4.54. The van der Waals surface area contributed by atoms with Crippen LogP contribution in [-0.4, -0.2) is 41.3 Å². The molecule has 0 fully saturated rings. The van der Waals surface area contributed by atoms with Crippen LogP contribution in [0.15, 0.2) is 73.3 Å². The second-order valence-corrected chi connectivity index (χ2v) is 6.49. The Kier molecular flexibility index (Phi) is 6.99. The fraction of sp³-hybridized carbons (Fsp3) is 0.318. The number of aromatic nitrogens is 2. The smallest absolute Gasteiger partial charge is 0.0991 e. The van der Waals surface area contributed by atoms with Crippen molar-refractivity contribution < 1.29 is 4.74 Å². The highest BCUT2D eigenvalue weighted by Gasteiger charge is 2.07. The van der Waals surface area contributed by atoms with Crippen molar-refractivity contribution in [2.45, 2.75) is 19.4 Å². The van der Waals surface area contributed by atoms with Crippen LogP contribution in [0.3, 0.4) is 0 Å². The average molecular weight is 349 g/mol. The molecule has 26 heavy (non-hydrogen) atoms. The van der Waals surface area contributed by atoms with E-state index in [1.807, 2.05) is 17.1 Å². The molecule has 1 heterocycles. The van der Waals surface area contributed by atoms with Crippen LogP contribution >= 0.6 is 0 Å². The quantitative estimate of drug-likeness (QED) is 0.555. The van der Waals surface area contributed by atoms with Crippen LogP contribution in [0.2, 0.25) is 0 Å². The minimum Gasteiger partial charge on any atom is -0.383 e. The summed E-state index contributed by atoms with van der Waals surface area (Å²) in [7, 11) is 1.77. The second-order valence-electron chi connectivity index (χ2n) is 6.49. The highest BCUT2D eigenvalue weighted by atomic mass is 16.5. The minimum absolute atomic E-state index is 0.762. The van der Waals surface area contributed by atoms with Gasteiger partial charge in [0.25, 0.3) is 0 Å². The first-order valence-electron chi connectivity index (χ1n) is 9.17. The number of hydrogen-bond donors (Lipinski definition) is 0. The van der Waals surface area contributed by atoms with Crippen molar-refractivity contribution in [1.29, 1.82) is 0 Å². The van der Waals surface area contributed by atoms with Crippen LogP contribution in [0.4, 0.5) is 0 Å². The van der Waals surface area contributed by atoms with Gasteiger partial charge in [-0.3, -0.25) is 4.90 Å². The molecule has 0 amide bonds. The predicted molar refractivity (Wildman–Crippen MR) is 105 cm³/mol. The molecule has 0 unspecified atom stereocenters. The monoisotopic (exact) mass is 349 g/mol. The van der Waals surface area contributed by atoms with E-state index in [1.54, 1.807) is 13.3 Å². The van der Waals surface area contributed by atoms with E-state index in [4.69, 9.17) is 4.74 Å². The lowest BCUT2D eigenvalue weighted by molar-refractivity contribution is 0.143. The molecule has 0 spiro atoms. The molecule has 4 nitrogen and oxygen atoms in total. The number of hydrogen-bond acceptors (Lipinski definition) is 3. The maximum Gasteiger partial charge on any atom is 0.0991 e. The van der Waals surface area contributed by atoms with E-state index in [-0.39, 0.29) is 0 Å². The maximum absolute atomic E-state index is 5.29. The van der Waals surface area contributed by atoms with Crippen molar-refractivity contribution in [2.24, 2.45) is 0 Å². The largest absolute Gasteiger partial charge is 0.383 e. The van der Waals surface area contributed by atoms with Crippen molar-refractivity contribution in [2.75, 3.05) is 26.8 Å². The van der Waals surface area contributed by atoms with Gasteiger partial charge in [0.05, 0.1) is 12.9 Å². The molecule has 0 aliphatic heterocycles. The lowest BCUT2D eigenvalue weighted by Crippen LogP contribution is -2.28. The zero-order valence-corrected chi connectivity index (χ0v) is 15.4. The van der Waals surface area contributed by atoms with E-state index in [9.17, 15) is 0 Å². The zero-order valence-electron chi connectivity index (χ0n) is 15.4. The number of ether oxygens (including phenoxy) is 1. The first kappa shape index (κ1) is 18.4. The average Bonchev–Trinajstić information content (AvgIpc) is 3.22. The third kappa shape index (κ3) is 5.55. The zero-order chi connectivity index (χ0) is 18.0. The van der Waals surface area contributed by atoms with Gasteiger partial charge in [-0.05, 0) is 42.6 Å². The third-order valence-corrected chi connectivity index (χ3v) is 4.54. The molecule has 0 saturated heterocycles. The molecule has 0 N–H and O–H groups in total. The Labute approximate surface area is 156 Å². The Morgan fingerprint density at radius 3 is 2.46 bits per heavy atom. The molecule has 0 bridgehead atoms. The molecular formula is C22H27N3O. The van der Waals surface area contributed by atoms with Gasteiger partial charge < -0.3 is 9.30 Å². The van der Waals surface area contributed by atoms with Crippen LogP contribution in [0.25, 0.3) is 5.69 Å². The molecule has 3 aromatic rings. The van der Waals surface area contributed by atoms with Crippen LogP contribution in [-0.2, 0) is 17.7 Å². The van der Waals surface area contributed by atoms with Gasteiger partial charge in [-0.15, -0.1) is 0 Å². The highest BCUT2D eigenvalue weighted by molar-refractivity contribution is 5.34. The van der Waals surface area contributed by atoms with Crippen molar-refractivity contribution in [3.63, 3.8) is 0 Å². The Bertz CT molecular complexity index is 739. The molecule has 2 aromatic carbocycles. The standard InChI is InChI=1S/C22H27N3O/c1-26-17-16-24(14-5-8-20-6-3-2-4-7-20)18-21-9-11-22(12-10-21)25-15-13-23-19-25/h2-4,6-7,9-13,15,19H,5,8,14,16-18H2,1H3. The molecule has 0 aliphatic carbocycles. The Morgan fingerprint density at radius 1 is 0.962 bits per heavy atom. The number of imidazole rings is 1. The summed E-state index contributed by atoms with van der Waals surface area (Å²) in [6.07, 6.45) is 7.85. The second kappa shape index (κ2) is 9.90. The molecule has 136 valence electrons. The van der Waals surface area contributed by atoms with Crippen molar-refractivity contribution >= 4 is 0 Å². The molecule has 1 aromatic heterocycles. The first-order valence-corrected chi connectivity index (χ1v) is 9.17. The van der Waals surface area contributed by atoms with Crippen LogP contribution in [0, 0.1) is 0 Å². The van der Waals surface area contributed by atoms with Crippen LogP contribution in [0.1, 0.15) is 17.5 Å². The van der Waals surface area contributed by atoms with E-state index in [0.29, 0.717) is 0 Å². The summed E-state index contributed by atoms with van der Waals surface area (Å²) in [5.74, 6) is 0. The van der Waals surface area contributed by atoms with Gasteiger partial charge in [0.15, 0.2) is 0 Å². The van der Waals surface area contributed by atoms with Gasteiger partial charge in [-0.1, -0.05) is 42.5 Å². The Hall–Kier alpha value is -2.43. The Morgan fingerprint density at radius 2 is 1.77 bits per heavy atom. The summed E-state index contributed by atoms with van der Waals surface area (Å²) in [6, 6.07) is 19.4. The fourth-order valence-electron chi connectivity index (χ4n) is 3.09. The fourth-order valence-corrected chi connectivity index (χ4v) is 3.09. The van der Waals surface area contributed by atoms with Gasteiger partial charge in [0, 0.05) is 38.3 Å². The maximum atomic E-state index is 5.29. The van der Waals surface area contributed by atoms with Crippen molar-refractivity contribution in [3.8, 4) is 5.69 Å². The normalized spacial score (nSPS) is 11.2. The number of methoxy groups -OCH3 is 1. The summed E-state index contributed by atoms with van der Waals surface area (Å²) >= 11 is 0. The van der Waals surface area contributed by atoms with Crippen LogP contribution in [0.5, 0.6) is 0 Å². The number of rotatable bonds is 10. The van der Waals surface area contributed by atoms with E-state index in [1.165, 1.54) is 11.1 Å². The SMILES string of the molecule is COCCN(CCCc1ccccc1)Cc1ccc(-n2ccnc2)cc1.